The largest absolute Gasteiger partial charge is 0.347 e. The van der Waals surface area contributed by atoms with E-state index >= 15 is 0 Å². The number of hydrogen-bond acceptors (Lipinski definition) is 4. The lowest BCUT2D eigenvalue weighted by Crippen LogP contribution is -2.50. The number of amides is 1. The first-order chi connectivity index (χ1) is 10.6. The van der Waals surface area contributed by atoms with Crippen molar-refractivity contribution in [2.24, 2.45) is 0 Å². The van der Waals surface area contributed by atoms with Gasteiger partial charge in [-0.1, -0.05) is 30.3 Å². The second kappa shape index (κ2) is 6.36. The predicted octanol–water partition coefficient (Wildman–Crippen LogP) is 1.65. The quantitative estimate of drug-likeness (QED) is 0.851. The zero-order valence-electron chi connectivity index (χ0n) is 13.3. The molecular formula is C17H24N2O3. The molecule has 2 aliphatic heterocycles. The highest BCUT2D eigenvalue weighted by Crippen LogP contribution is 2.32. The molecule has 1 spiro atoms. The topological polar surface area (TPSA) is 42.0 Å². The van der Waals surface area contributed by atoms with Crippen LogP contribution in [0.3, 0.4) is 0 Å². The second-order valence-electron chi connectivity index (χ2n) is 6.21. The van der Waals surface area contributed by atoms with Crippen LogP contribution in [0.2, 0.25) is 0 Å². The zero-order valence-corrected chi connectivity index (χ0v) is 13.3. The minimum absolute atomic E-state index is 0.157. The lowest BCUT2D eigenvalue weighted by Gasteiger charge is -2.39. The molecule has 5 heteroatoms. The summed E-state index contributed by atoms with van der Waals surface area (Å²) in [6.07, 6.45) is 1.52. The van der Waals surface area contributed by atoms with Crippen LogP contribution in [0.1, 0.15) is 24.4 Å². The van der Waals surface area contributed by atoms with Gasteiger partial charge in [0.1, 0.15) is 6.04 Å². The minimum Gasteiger partial charge on any atom is -0.347 e. The number of piperidine rings is 1. The lowest BCUT2D eigenvalue weighted by atomic mass is 10.00. The number of hydrogen-bond donors (Lipinski definition) is 0. The first-order valence-corrected chi connectivity index (χ1v) is 7.89. The van der Waals surface area contributed by atoms with Gasteiger partial charge in [-0.15, -0.1) is 0 Å². The zero-order chi connectivity index (χ0) is 15.6. The van der Waals surface area contributed by atoms with E-state index in [1.165, 1.54) is 0 Å². The molecule has 0 radical (unpaired) electrons. The van der Waals surface area contributed by atoms with Gasteiger partial charge in [0.05, 0.1) is 13.2 Å². The van der Waals surface area contributed by atoms with Crippen LogP contribution in [-0.4, -0.2) is 61.9 Å². The Hall–Kier alpha value is -1.43. The van der Waals surface area contributed by atoms with E-state index in [4.69, 9.17) is 9.47 Å². The molecule has 0 N–H and O–H groups in total. The summed E-state index contributed by atoms with van der Waals surface area (Å²) in [7, 11) is 3.90. The SMILES string of the molecule is CN(C)[C@H](C(=O)N1CCC2(CC1)OCCO2)c1ccccc1. The van der Waals surface area contributed by atoms with Crippen LogP contribution in [-0.2, 0) is 14.3 Å². The van der Waals surface area contributed by atoms with Crippen molar-refractivity contribution in [3.05, 3.63) is 35.9 Å². The molecule has 0 unspecified atom stereocenters. The van der Waals surface area contributed by atoms with Gasteiger partial charge >= 0.3 is 0 Å². The lowest BCUT2D eigenvalue weighted by molar-refractivity contribution is -0.188. The van der Waals surface area contributed by atoms with Crippen molar-refractivity contribution < 1.29 is 14.3 Å². The number of nitrogens with zero attached hydrogens (tertiary/aromatic N) is 2. The number of ether oxygens (including phenoxy) is 2. The third kappa shape index (κ3) is 3.02. The van der Waals surface area contributed by atoms with E-state index < -0.39 is 5.79 Å². The van der Waals surface area contributed by atoms with Crippen molar-refractivity contribution >= 4 is 5.91 Å². The first kappa shape index (κ1) is 15.5. The summed E-state index contributed by atoms with van der Waals surface area (Å²) in [6.45, 7) is 2.71. The first-order valence-electron chi connectivity index (χ1n) is 7.89. The normalized spacial score (nSPS) is 22.2. The third-order valence-corrected chi connectivity index (χ3v) is 4.52. The number of rotatable bonds is 3. The van der Waals surface area contributed by atoms with Crippen LogP contribution >= 0.6 is 0 Å². The third-order valence-electron chi connectivity index (χ3n) is 4.52. The van der Waals surface area contributed by atoms with Crippen LogP contribution < -0.4 is 0 Å². The summed E-state index contributed by atoms with van der Waals surface area (Å²) in [5, 5.41) is 0. The van der Waals surface area contributed by atoms with Crippen LogP contribution in [0.25, 0.3) is 0 Å². The van der Waals surface area contributed by atoms with Gasteiger partial charge in [0.25, 0.3) is 0 Å². The van der Waals surface area contributed by atoms with Crippen molar-refractivity contribution in [1.29, 1.82) is 0 Å². The molecule has 5 nitrogen and oxygen atoms in total. The molecule has 2 saturated heterocycles. The van der Waals surface area contributed by atoms with Gasteiger partial charge in [-0.05, 0) is 19.7 Å². The molecule has 1 atom stereocenters. The average molecular weight is 304 g/mol. The van der Waals surface area contributed by atoms with Gasteiger partial charge in [-0.2, -0.15) is 0 Å². The number of carbonyl (C=O) groups is 1. The second-order valence-corrected chi connectivity index (χ2v) is 6.21. The molecule has 0 bridgehead atoms. The molecule has 2 heterocycles. The Balaban J connectivity index is 1.69. The Morgan fingerprint density at radius 2 is 1.73 bits per heavy atom. The van der Waals surface area contributed by atoms with E-state index in [-0.39, 0.29) is 11.9 Å². The van der Waals surface area contributed by atoms with E-state index in [0.29, 0.717) is 26.3 Å². The fraction of sp³-hybridized carbons (Fsp3) is 0.588. The molecule has 120 valence electrons. The van der Waals surface area contributed by atoms with Crippen LogP contribution in [0, 0.1) is 0 Å². The maximum atomic E-state index is 12.9. The maximum Gasteiger partial charge on any atom is 0.244 e. The predicted molar refractivity (Wildman–Crippen MR) is 83.3 cm³/mol. The number of benzene rings is 1. The standard InChI is InChI=1S/C17H24N2O3/c1-18(2)15(14-6-4-3-5-7-14)16(20)19-10-8-17(9-11-19)21-12-13-22-17/h3-7,15H,8-13H2,1-2H3/t15-/m0/s1. The molecule has 0 aliphatic carbocycles. The highest BCUT2D eigenvalue weighted by Gasteiger charge is 2.42. The van der Waals surface area contributed by atoms with Crippen molar-refractivity contribution in [3.8, 4) is 0 Å². The maximum absolute atomic E-state index is 12.9. The number of carbonyl (C=O) groups excluding carboxylic acids is 1. The highest BCUT2D eigenvalue weighted by atomic mass is 16.7. The molecule has 22 heavy (non-hydrogen) atoms. The van der Waals surface area contributed by atoms with Gasteiger partial charge in [0.15, 0.2) is 5.79 Å². The molecule has 3 rings (SSSR count). The molecule has 2 aliphatic rings. The molecule has 0 aromatic heterocycles. The molecule has 2 fully saturated rings. The highest BCUT2D eigenvalue weighted by molar-refractivity contribution is 5.83. The summed E-state index contributed by atoms with van der Waals surface area (Å²) in [6, 6.07) is 9.71. The Morgan fingerprint density at radius 3 is 2.27 bits per heavy atom. The molecule has 1 aromatic rings. The van der Waals surface area contributed by atoms with Crippen molar-refractivity contribution in [2.75, 3.05) is 40.4 Å². The van der Waals surface area contributed by atoms with Gasteiger partial charge in [-0.25, -0.2) is 0 Å². The summed E-state index contributed by atoms with van der Waals surface area (Å²) in [4.78, 5) is 16.9. The molecule has 0 saturated carbocycles. The van der Waals surface area contributed by atoms with E-state index in [0.717, 1.165) is 18.4 Å². The fourth-order valence-corrected chi connectivity index (χ4v) is 3.32. The summed E-state index contributed by atoms with van der Waals surface area (Å²) in [5.41, 5.74) is 1.03. The van der Waals surface area contributed by atoms with E-state index in [1.54, 1.807) is 0 Å². The van der Waals surface area contributed by atoms with E-state index in [9.17, 15) is 4.79 Å². The van der Waals surface area contributed by atoms with E-state index in [1.807, 2.05) is 54.2 Å². The monoisotopic (exact) mass is 304 g/mol. The minimum atomic E-state index is -0.433. The summed E-state index contributed by atoms with van der Waals surface area (Å²) in [5.74, 6) is -0.277. The number of likely N-dealkylation sites (N-methyl/N-ethyl adjacent to an activating group) is 1. The average Bonchev–Trinajstić information content (AvgIpc) is 2.97. The molecule has 1 aromatic carbocycles. The fourth-order valence-electron chi connectivity index (χ4n) is 3.32. The Kier molecular flexibility index (Phi) is 4.47. The van der Waals surface area contributed by atoms with Crippen molar-refractivity contribution in [1.82, 2.24) is 9.80 Å². The van der Waals surface area contributed by atoms with Crippen LogP contribution in [0.4, 0.5) is 0 Å². The van der Waals surface area contributed by atoms with Crippen molar-refractivity contribution in [3.63, 3.8) is 0 Å². The summed E-state index contributed by atoms with van der Waals surface area (Å²) >= 11 is 0. The Bertz CT molecular complexity index is 502. The van der Waals surface area contributed by atoms with Gasteiger partial charge < -0.3 is 14.4 Å². The van der Waals surface area contributed by atoms with Gasteiger partial charge in [0, 0.05) is 25.9 Å². The summed E-state index contributed by atoms with van der Waals surface area (Å²) < 4.78 is 11.5. The number of likely N-dealkylation sites (tertiary alicyclic amines) is 1. The van der Waals surface area contributed by atoms with Gasteiger partial charge in [0.2, 0.25) is 5.91 Å². The molecular weight excluding hydrogens is 280 g/mol. The van der Waals surface area contributed by atoms with E-state index in [2.05, 4.69) is 0 Å². The Labute approximate surface area is 131 Å². The smallest absolute Gasteiger partial charge is 0.244 e. The van der Waals surface area contributed by atoms with Gasteiger partial charge in [-0.3, -0.25) is 9.69 Å². The van der Waals surface area contributed by atoms with Crippen molar-refractivity contribution in [2.45, 2.75) is 24.7 Å². The Morgan fingerprint density at radius 1 is 1.14 bits per heavy atom. The van der Waals surface area contributed by atoms with Crippen LogP contribution in [0.5, 0.6) is 0 Å². The molecule has 1 amide bonds. The van der Waals surface area contributed by atoms with Crippen LogP contribution in [0.15, 0.2) is 30.3 Å².